The molecule has 3 heteroatoms. The molecular weight excluding hydrogens is 176 g/mol. The van der Waals surface area contributed by atoms with Crippen molar-refractivity contribution < 1.29 is 4.79 Å². The van der Waals surface area contributed by atoms with E-state index in [0.29, 0.717) is 18.6 Å². The van der Waals surface area contributed by atoms with Crippen LogP contribution in [0.25, 0.3) is 0 Å². The van der Waals surface area contributed by atoms with Crippen LogP contribution < -0.4 is 0 Å². The van der Waals surface area contributed by atoms with Gasteiger partial charge in [0.05, 0.1) is 5.69 Å². The van der Waals surface area contributed by atoms with Crippen LogP contribution in [0.2, 0.25) is 0 Å². The lowest BCUT2D eigenvalue weighted by molar-refractivity contribution is -0.118. The zero-order chi connectivity index (χ0) is 10.7. The van der Waals surface area contributed by atoms with Gasteiger partial charge in [-0.3, -0.25) is 9.48 Å². The highest BCUT2D eigenvalue weighted by atomic mass is 16.1. The van der Waals surface area contributed by atoms with Crippen LogP contribution in [0.15, 0.2) is 0 Å². The van der Waals surface area contributed by atoms with Gasteiger partial charge in [-0.2, -0.15) is 5.10 Å². The summed E-state index contributed by atoms with van der Waals surface area (Å²) in [5.74, 6) is 0.312. The van der Waals surface area contributed by atoms with Gasteiger partial charge in [0.1, 0.15) is 5.78 Å². The summed E-state index contributed by atoms with van der Waals surface area (Å²) in [7, 11) is 1.91. The molecule has 78 valence electrons. The van der Waals surface area contributed by atoms with Gasteiger partial charge < -0.3 is 0 Å². The largest absolute Gasteiger partial charge is 0.299 e. The maximum Gasteiger partial charge on any atom is 0.137 e. The van der Waals surface area contributed by atoms with Gasteiger partial charge >= 0.3 is 0 Å². The number of ketones is 1. The lowest BCUT2D eigenvalue weighted by atomic mass is 10.0. The van der Waals surface area contributed by atoms with Crippen LogP contribution in [-0.4, -0.2) is 15.6 Å². The molecule has 0 fully saturated rings. The van der Waals surface area contributed by atoms with Crippen LogP contribution in [0, 0.1) is 13.8 Å². The fourth-order valence-corrected chi connectivity index (χ4v) is 1.64. The Hall–Kier alpha value is -1.12. The molecular formula is C11H18N2O. The Labute approximate surface area is 85.1 Å². The molecule has 0 saturated carbocycles. The van der Waals surface area contributed by atoms with Crippen LogP contribution in [0.4, 0.5) is 0 Å². The van der Waals surface area contributed by atoms with Gasteiger partial charge in [-0.1, -0.05) is 6.92 Å². The predicted molar refractivity (Wildman–Crippen MR) is 56.3 cm³/mol. The first kappa shape index (κ1) is 11.0. The Balaban J connectivity index is 2.81. The van der Waals surface area contributed by atoms with Gasteiger partial charge in [0.25, 0.3) is 0 Å². The Morgan fingerprint density at radius 1 is 1.43 bits per heavy atom. The second-order valence-corrected chi connectivity index (χ2v) is 3.74. The van der Waals surface area contributed by atoms with Crippen molar-refractivity contribution in [2.45, 2.75) is 40.0 Å². The molecule has 3 nitrogen and oxygen atoms in total. The highest BCUT2D eigenvalue weighted by molar-refractivity contribution is 5.81. The fraction of sp³-hybridized carbons (Fsp3) is 0.636. The normalized spacial score (nSPS) is 10.6. The highest BCUT2D eigenvalue weighted by Crippen LogP contribution is 2.13. The lowest BCUT2D eigenvalue weighted by Gasteiger charge is -2.00. The average molecular weight is 194 g/mol. The SMILES string of the molecule is CCCC(=O)Cc1c(C)nn(C)c1C. The van der Waals surface area contributed by atoms with E-state index < -0.39 is 0 Å². The molecule has 1 rings (SSSR count). The third-order valence-electron chi connectivity index (χ3n) is 2.56. The Morgan fingerprint density at radius 3 is 2.50 bits per heavy atom. The monoisotopic (exact) mass is 194 g/mol. The summed E-state index contributed by atoms with van der Waals surface area (Å²) >= 11 is 0. The minimum absolute atomic E-state index is 0.312. The molecule has 0 saturated heterocycles. The van der Waals surface area contributed by atoms with Crippen molar-refractivity contribution in [2.75, 3.05) is 0 Å². The molecule has 0 aliphatic carbocycles. The number of nitrogens with zero attached hydrogens (tertiary/aromatic N) is 2. The number of hydrogen-bond acceptors (Lipinski definition) is 2. The summed E-state index contributed by atoms with van der Waals surface area (Å²) in [5, 5.41) is 4.29. The Bertz CT molecular complexity index is 339. The van der Waals surface area contributed by atoms with Crippen LogP contribution in [0.3, 0.4) is 0 Å². The van der Waals surface area contributed by atoms with Crippen molar-refractivity contribution in [3.8, 4) is 0 Å². The number of aromatic nitrogens is 2. The van der Waals surface area contributed by atoms with E-state index in [-0.39, 0.29) is 0 Å². The maximum absolute atomic E-state index is 11.5. The molecule has 14 heavy (non-hydrogen) atoms. The van der Waals surface area contributed by atoms with Gasteiger partial charge in [0.15, 0.2) is 0 Å². The van der Waals surface area contributed by atoms with Crippen molar-refractivity contribution in [1.82, 2.24) is 9.78 Å². The molecule has 0 aliphatic rings. The predicted octanol–water partition coefficient (Wildman–Crippen LogP) is 1.95. The van der Waals surface area contributed by atoms with Crippen LogP contribution in [-0.2, 0) is 18.3 Å². The minimum Gasteiger partial charge on any atom is -0.299 e. The first-order valence-corrected chi connectivity index (χ1v) is 5.07. The molecule has 1 aromatic rings. The van der Waals surface area contributed by atoms with Crippen LogP contribution in [0.1, 0.15) is 36.7 Å². The van der Waals surface area contributed by atoms with Crippen molar-refractivity contribution in [1.29, 1.82) is 0 Å². The molecule has 0 bridgehead atoms. The van der Waals surface area contributed by atoms with E-state index in [1.54, 1.807) is 0 Å². The van der Waals surface area contributed by atoms with Gasteiger partial charge in [0, 0.05) is 31.1 Å². The highest BCUT2D eigenvalue weighted by Gasteiger charge is 2.12. The summed E-state index contributed by atoms with van der Waals surface area (Å²) in [5.41, 5.74) is 3.19. The van der Waals surface area contributed by atoms with E-state index >= 15 is 0 Å². The third-order valence-corrected chi connectivity index (χ3v) is 2.56. The van der Waals surface area contributed by atoms with Gasteiger partial charge in [-0.25, -0.2) is 0 Å². The van der Waals surface area contributed by atoms with E-state index in [1.165, 1.54) is 0 Å². The molecule has 0 atom stereocenters. The van der Waals surface area contributed by atoms with E-state index in [1.807, 2.05) is 32.5 Å². The number of Topliss-reactive ketones (excluding diaryl/α,β-unsaturated/α-hetero) is 1. The number of carbonyl (C=O) groups is 1. The lowest BCUT2D eigenvalue weighted by Crippen LogP contribution is -2.04. The fourth-order valence-electron chi connectivity index (χ4n) is 1.64. The van der Waals surface area contributed by atoms with E-state index in [0.717, 1.165) is 23.4 Å². The summed E-state index contributed by atoms with van der Waals surface area (Å²) in [6, 6.07) is 0. The number of rotatable bonds is 4. The van der Waals surface area contributed by atoms with Crippen molar-refractivity contribution in [2.24, 2.45) is 7.05 Å². The van der Waals surface area contributed by atoms with E-state index in [9.17, 15) is 4.79 Å². The van der Waals surface area contributed by atoms with Gasteiger partial charge in [-0.15, -0.1) is 0 Å². The second-order valence-electron chi connectivity index (χ2n) is 3.74. The van der Waals surface area contributed by atoms with E-state index in [4.69, 9.17) is 0 Å². The summed E-state index contributed by atoms with van der Waals surface area (Å²) < 4.78 is 1.84. The van der Waals surface area contributed by atoms with Gasteiger partial charge in [-0.05, 0) is 20.3 Å². The Kier molecular flexibility index (Phi) is 3.44. The van der Waals surface area contributed by atoms with Crippen molar-refractivity contribution in [3.63, 3.8) is 0 Å². The molecule has 0 amide bonds. The summed E-state index contributed by atoms with van der Waals surface area (Å²) in [6.07, 6.45) is 2.14. The Morgan fingerprint density at radius 2 is 2.07 bits per heavy atom. The van der Waals surface area contributed by atoms with E-state index in [2.05, 4.69) is 5.10 Å². The summed E-state index contributed by atoms with van der Waals surface area (Å²) in [6.45, 7) is 6.00. The number of aryl methyl sites for hydroxylation is 2. The first-order chi connectivity index (χ1) is 6.56. The van der Waals surface area contributed by atoms with Gasteiger partial charge in [0.2, 0.25) is 0 Å². The first-order valence-electron chi connectivity index (χ1n) is 5.07. The molecule has 0 N–H and O–H groups in total. The van der Waals surface area contributed by atoms with Crippen molar-refractivity contribution >= 4 is 5.78 Å². The molecule has 1 aromatic heterocycles. The number of carbonyl (C=O) groups excluding carboxylic acids is 1. The number of hydrogen-bond donors (Lipinski definition) is 0. The smallest absolute Gasteiger partial charge is 0.137 e. The molecule has 0 radical (unpaired) electrons. The second kappa shape index (κ2) is 4.40. The molecule has 0 aliphatic heterocycles. The topological polar surface area (TPSA) is 34.9 Å². The van der Waals surface area contributed by atoms with Crippen molar-refractivity contribution in [3.05, 3.63) is 17.0 Å². The molecule has 0 aromatic carbocycles. The zero-order valence-electron chi connectivity index (χ0n) is 9.42. The van der Waals surface area contributed by atoms with Crippen LogP contribution >= 0.6 is 0 Å². The zero-order valence-corrected chi connectivity index (χ0v) is 9.42. The molecule has 0 unspecified atom stereocenters. The molecule has 1 heterocycles. The third kappa shape index (κ3) is 2.22. The maximum atomic E-state index is 11.5. The average Bonchev–Trinajstić information content (AvgIpc) is 2.33. The molecule has 0 spiro atoms. The summed E-state index contributed by atoms with van der Waals surface area (Å²) in [4.78, 5) is 11.5. The minimum atomic E-state index is 0.312. The standard InChI is InChI=1S/C11H18N2O/c1-5-6-10(14)7-11-8(2)12-13(4)9(11)3/h5-7H2,1-4H3. The quantitative estimate of drug-likeness (QED) is 0.734. The van der Waals surface area contributed by atoms with Crippen LogP contribution in [0.5, 0.6) is 0 Å².